The van der Waals surface area contributed by atoms with E-state index < -0.39 is 17.8 Å². The quantitative estimate of drug-likeness (QED) is 0.650. The first-order valence-corrected chi connectivity index (χ1v) is 11.0. The Kier molecular flexibility index (Phi) is 5.62. The maximum absolute atomic E-state index is 6.38. The first kappa shape index (κ1) is 19.2. The molecule has 0 fully saturated rings. The number of rotatable bonds is 4. The summed E-state index contributed by atoms with van der Waals surface area (Å²) in [6, 6.07) is 6.21. The molecular weight excluding hydrogens is 332 g/mol. The first-order chi connectivity index (χ1) is 11.0. The molecule has 0 saturated carbocycles. The van der Waals surface area contributed by atoms with Gasteiger partial charge in [0.25, 0.3) is 0 Å². The van der Waals surface area contributed by atoms with Gasteiger partial charge in [-0.15, -0.1) is 0 Å². The van der Waals surface area contributed by atoms with Crippen molar-refractivity contribution in [1.29, 1.82) is 0 Å². The summed E-state index contributed by atoms with van der Waals surface area (Å²) in [5.74, 6) is 1.73. The second kappa shape index (κ2) is 7.02. The fraction of sp³-hybridized carbons (Fsp3) is 0.476. The van der Waals surface area contributed by atoms with Gasteiger partial charge in [0.15, 0.2) is 0 Å². The molecule has 1 aromatic carbocycles. The standard InChI is InChI=1S/C11H16O2.C9H13.CH2.Ti/c1-11(2,3)8-5-9(12)7-10(6-8)13-4;1-9(2,3)8-6-4-5-7-8;;/h5-7,12H,1-4H3;4,6H,5H2,1-3H3;1H2;/q;;;+1/p-1. The Balaban J connectivity index is 2.33. The van der Waals surface area contributed by atoms with Gasteiger partial charge in [0, 0.05) is 0 Å². The molecule has 0 atom stereocenters. The predicted molar refractivity (Wildman–Crippen MR) is 99.7 cm³/mol. The van der Waals surface area contributed by atoms with E-state index in [9.17, 15) is 0 Å². The summed E-state index contributed by atoms with van der Waals surface area (Å²) in [4.78, 5) is 4.43. The Hall–Kier alpha value is -1.12. The minimum absolute atomic E-state index is 0.0543. The van der Waals surface area contributed by atoms with E-state index in [0.717, 1.165) is 17.9 Å². The topological polar surface area (TPSA) is 18.5 Å². The van der Waals surface area contributed by atoms with Gasteiger partial charge < -0.3 is 0 Å². The van der Waals surface area contributed by atoms with Gasteiger partial charge in [-0.25, -0.2) is 0 Å². The summed E-state index contributed by atoms with van der Waals surface area (Å²) in [6.45, 7) is 13.4. The van der Waals surface area contributed by atoms with Crippen molar-refractivity contribution in [2.75, 3.05) is 7.11 Å². The van der Waals surface area contributed by atoms with Crippen LogP contribution in [0, 0.1) is 5.41 Å². The van der Waals surface area contributed by atoms with Crippen molar-refractivity contribution in [3.63, 3.8) is 0 Å². The maximum atomic E-state index is 6.38. The van der Waals surface area contributed by atoms with Gasteiger partial charge in [0.2, 0.25) is 0 Å². The molecule has 0 saturated heterocycles. The molecular formula is C21H30O2Ti. The number of benzene rings is 1. The van der Waals surface area contributed by atoms with Crippen molar-refractivity contribution in [3.05, 3.63) is 45.4 Å². The van der Waals surface area contributed by atoms with E-state index in [1.54, 1.807) is 7.11 Å². The molecule has 2 rings (SSSR count). The van der Waals surface area contributed by atoms with Crippen LogP contribution in [0.5, 0.6) is 11.5 Å². The fourth-order valence-corrected chi connectivity index (χ4v) is 5.40. The zero-order chi connectivity index (χ0) is 18.1. The number of methoxy groups -OCH3 is 1. The molecule has 0 aromatic heterocycles. The normalized spacial score (nSPS) is 15.0. The van der Waals surface area contributed by atoms with E-state index in [2.05, 4.69) is 70.6 Å². The Morgan fingerprint density at radius 1 is 0.958 bits per heavy atom. The SMILES string of the molecule is [CH2]=[Ti]([O]c1cc(OC)cc(C(C)(C)C)c1)[C]1=C(C(C)(C)C)C=CC1. The number of ether oxygens (including phenoxy) is 1. The van der Waals surface area contributed by atoms with Gasteiger partial charge in [-0.05, 0) is 0 Å². The zero-order valence-corrected chi connectivity index (χ0v) is 17.7. The van der Waals surface area contributed by atoms with Crippen LogP contribution in [0.3, 0.4) is 0 Å². The number of hydrogen-bond donors (Lipinski definition) is 0. The summed E-state index contributed by atoms with van der Waals surface area (Å²) >= 11 is -2.04. The first-order valence-electron chi connectivity index (χ1n) is 8.49. The number of hydrogen-bond acceptors (Lipinski definition) is 2. The third-order valence-electron chi connectivity index (χ3n) is 4.30. The van der Waals surface area contributed by atoms with E-state index in [1.165, 1.54) is 15.0 Å². The van der Waals surface area contributed by atoms with Crippen LogP contribution < -0.4 is 8.06 Å². The fourth-order valence-electron chi connectivity index (χ4n) is 2.86. The van der Waals surface area contributed by atoms with Gasteiger partial charge in [0.05, 0.1) is 0 Å². The molecule has 3 heteroatoms. The Morgan fingerprint density at radius 2 is 1.58 bits per heavy atom. The van der Waals surface area contributed by atoms with E-state index >= 15 is 0 Å². The van der Waals surface area contributed by atoms with Gasteiger partial charge in [0.1, 0.15) is 0 Å². The molecule has 1 aromatic rings. The molecule has 0 amide bonds. The molecule has 2 nitrogen and oxygen atoms in total. The van der Waals surface area contributed by atoms with Crippen molar-refractivity contribution in [2.45, 2.75) is 53.4 Å². The van der Waals surface area contributed by atoms with E-state index in [4.69, 9.17) is 8.06 Å². The monoisotopic (exact) mass is 362 g/mol. The van der Waals surface area contributed by atoms with E-state index in [-0.39, 0.29) is 10.8 Å². The Morgan fingerprint density at radius 3 is 2.12 bits per heavy atom. The van der Waals surface area contributed by atoms with Crippen LogP contribution >= 0.6 is 0 Å². The van der Waals surface area contributed by atoms with Crippen molar-refractivity contribution < 1.29 is 25.9 Å². The number of allylic oxidation sites excluding steroid dienone is 4. The molecule has 0 radical (unpaired) electrons. The molecule has 24 heavy (non-hydrogen) atoms. The molecule has 0 aliphatic heterocycles. The summed E-state index contributed by atoms with van der Waals surface area (Å²) in [5, 5.41) is 0. The van der Waals surface area contributed by atoms with Crippen molar-refractivity contribution in [2.24, 2.45) is 5.41 Å². The molecule has 130 valence electrons. The third-order valence-corrected chi connectivity index (χ3v) is 6.84. The average Bonchev–Trinajstić information content (AvgIpc) is 2.95. The summed E-state index contributed by atoms with van der Waals surface area (Å²) in [7, 11) is 1.70. The molecule has 1 aliphatic carbocycles. The van der Waals surface area contributed by atoms with Crippen LogP contribution in [0.25, 0.3) is 0 Å². The average molecular weight is 362 g/mol. The molecule has 0 N–H and O–H groups in total. The van der Waals surface area contributed by atoms with Crippen LogP contribution in [-0.4, -0.2) is 11.9 Å². The van der Waals surface area contributed by atoms with Crippen LogP contribution in [0.15, 0.2) is 39.8 Å². The van der Waals surface area contributed by atoms with Gasteiger partial charge in [-0.3, -0.25) is 0 Å². The molecule has 0 spiro atoms. The van der Waals surface area contributed by atoms with Gasteiger partial charge >= 0.3 is 153 Å². The van der Waals surface area contributed by atoms with Crippen LogP contribution in [0.1, 0.15) is 53.5 Å². The van der Waals surface area contributed by atoms with Gasteiger partial charge in [-0.2, -0.15) is 0 Å². The van der Waals surface area contributed by atoms with Crippen LogP contribution in [-0.2, 0) is 23.2 Å². The van der Waals surface area contributed by atoms with Crippen LogP contribution in [0.2, 0.25) is 0 Å². The molecule has 0 bridgehead atoms. The van der Waals surface area contributed by atoms with Crippen molar-refractivity contribution in [3.8, 4) is 11.5 Å². The minimum atomic E-state index is -2.04. The van der Waals surface area contributed by atoms with Crippen LogP contribution in [0.4, 0.5) is 0 Å². The summed E-state index contributed by atoms with van der Waals surface area (Å²) in [6.07, 6.45) is 5.48. The van der Waals surface area contributed by atoms with Crippen molar-refractivity contribution >= 4 is 4.82 Å². The zero-order valence-electron chi connectivity index (χ0n) is 16.1. The Bertz CT molecular complexity index is 698. The second-order valence-corrected chi connectivity index (χ2v) is 11.0. The summed E-state index contributed by atoms with van der Waals surface area (Å²) < 4.78 is 13.3. The second-order valence-electron chi connectivity index (χ2n) is 8.42. The third kappa shape index (κ3) is 4.49. The molecule has 1 aliphatic rings. The van der Waals surface area contributed by atoms with Gasteiger partial charge in [-0.1, -0.05) is 0 Å². The Labute approximate surface area is 153 Å². The summed E-state index contributed by atoms with van der Waals surface area (Å²) in [5.41, 5.74) is 2.83. The van der Waals surface area contributed by atoms with E-state index in [1.807, 2.05) is 6.07 Å². The molecule has 0 heterocycles. The van der Waals surface area contributed by atoms with E-state index in [0.29, 0.717) is 0 Å². The predicted octanol–water partition coefficient (Wildman–Crippen LogP) is 5.60. The molecule has 0 unspecified atom stereocenters. The van der Waals surface area contributed by atoms with Crippen molar-refractivity contribution in [1.82, 2.24) is 0 Å².